The Morgan fingerprint density at radius 2 is 2.06 bits per heavy atom. The van der Waals surface area contributed by atoms with Crippen LogP contribution in [0.15, 0.2) is 6.20 Å². The molecule has 0 aliphatic rings. The summed E-state index contributed by atoms with van der Waals surface area (Å²) < 4.78 is 0. The van der Waals surface area contributed by atoms with Crippen LogP contribution in [0.1, 0.15) is 30.2 Å². The molecule has 3 nitrogen and oxygen atoms in total. The first-order chi connectivity index (χ1) is 7.68. The highest BCUT2D eigenvalue weighted by molar-refractivity contribution is 7.11. The quantitative estimate of drug-likeness (QED) is 0.685. The van der Waals surface area contributed by atoms with Gasteiger partial charge in [-0.3, -0.25) is 0 Å². The molecule has 4 heteroatoms. The van der Waals surface area contributed by atoms with E-state index in [1.54, 1.807) is 11.3 Å². The van der Waals surface area contributed by atoms with E-state index in [1.807, 2.05) is 13.1 Å². The fraction of sp³-hybridized carbons (Fsp3) is 0.750. The van der Waals surface area contributed by atoms with Gasteiger partial charge < -0.3 is 10.6 Å². The summed E-state index contributed by atoms with van der Waals surface area (Å²) in [4.78, 5) is 5.56. The van der Waals surface area contributed by atoms with Crippen molar-refractivity contribution < 1.29 is 0 Å². The van der Waals surface area contributed by atoms with Gasteiger partial charge in [0.1, 0.15) is 0 Å². The largest absolute Gasteiger partial charge is 0.316 e. The average Bonchev–Trinajstić information content (AvgIpc) is 2.62. The molecule has 0 atom stereocenters. The summed E-state index contributed by atoms with van der Waals surface area (Å²) in [6.45, 7) is 10.8. The standard InChI is InChI=1S/C12H23N3S/c1-10(2)7-13-5-4-6-14-8-12-9-15-11(3)16-12/h9-10,13-14H,4-8H2,1-3H3. The maximum absolute atomic E-state index is 4.23. The van der Waals surface area contributed by atoms with Crippen molar-refractivity contribution in [3.63, 3.8) is 0 Å². The molecule has 0 saturated carbocycles. The molecule has 1 heterocycles. The Kier molecular flexibility index (Phi) is 6.61. The van der Waals surface area contributed by atoms with Crippen LogP contribution in [0.2, 0.25) is 0 Å². The summed E-state index contributed by atoms with van der Waals surface area (Å²) in [5, 5.41) is 8.02. The van der Waals surface area contributed by atoms with Crippen LogP contribution in [-0.2, 0) is 6.54 Å². The summed E-state index contributed by atoms with van der Waals surface area (Å²) in [6, 6.07) is 0. The molecule has 0 unspecified atom stereocenters. The number of nitrogens with one attached hydrogen (secondary N) is 2. The summed E-state index contributed by atoms with van der Waals surface area (Å²) in [6.07, 6.45) is 3.15. The van der Waals surface area contributed by atoms with Crippen molar-refractivity contribution in [2.24, 2.45) is 5.92 Å². The normalized spacial score (nSPS) is 11.2. The highest BCUT2D eigenvalue weighted by atomic mass is 32.1. The highest BCUT2D eigenvalue weighted by Crippen LogP contribution is 2.10. The van der Waals surface area contributed by atoms with Gasteiger partial charge >= 0.3 is 0 Å². The van der Waals surface area contributed by atoms with Crippen LogP contribution >= 0.6 is 11.3 Å². The van der Waals surface area contributed by atoms with Crippen LogP contribution in [0.25, 0.3) is 0 Å². The van der Waals surface area contributed by atoms with E-state index in [-0.39, 0.29) is 0 Å². The number of hydrogen-bond donors (Lipinski definition) is 2. The first-order valence-corrected chi connectivity index (χ1v) is 6.83. The van der Waals surface area contributed by atoms with Gasteiger partial charge in [0, 0.05) is 17.6 Å². The summed E-state index contributed by atoms with van der Waals surface area (Å²) in [5.41, 5.74) is 0. The molecule has 0 spiro atoms. The number of rotatable bonds is 8. The molecule has 92 valence electrons. The molecule has 0 amide bonds. The van der Waals surface area contributed by atoms with E-state index in [2.05, 4.69) is 29.5 Å². The lowest BCUT2D eigenvalue weighted by Gasteiger charge is -2.07. The smallest absolute Gasteiger partial charge is 0.0897 e. The van der Waals surface area contributed by atoms with Gasteiger partial charge in [0.2, 0.25) is 0 Å². The topological polar surface area (TPSA) is 37.0 Å². The van der Waals surface area contributed by atoms with E-state index in [9.17, 15) is 0 Å². The Labute approximate surface area is 103 Å². The molecule has 2 N–H and O–H groups in total. The number of nitrogens with zero attached hydrogens (tertiary/aromatic N) is 1. The van der Waals surface area contributed by atoms with Crippen molar-refractivity contribution in [3.05, 3.63) is 16.1 Å². The first kappa shape index (κ1) is 13.6. The highest BCUT2D eigenvalue weighted by Gasteiger charge is 1.97. The van der Waals surface area contributed by atoms with Gasteiger partial charge in [-0.15, -0.1) is 11.3 Å². The minimum absolute atomic E-state index is 0.744. The Balaban J connectivity index is 1.92. The SMILES string of the molecule is Cc1ncc(CNCCCNCC(C)C)s1. The number of thiazole rings is 1. The molecule has 1 aromatic heterocycles. The Hall–Kier alpha value is -0.450. The maximum Gasteiger partial charge on any atom is 0.0897 e. The van der Waals surface area contributed by atoms with Crippen LogP contribution < -0.4 is 10.6 Å². The fourth-order valence-corrected chi connectivity index (χ4v) is 2.19. The van der Waals surface area contributed by atoms with Gasteiger partial charge in [-0.05, 0) is 38.9 Å². The van der Waals surface area contributed by atoms with Gasteiger partial charge in [-0.1, -0.05) is 13.8 Å². The molecular formula is C12H23N3S. The third kappa shape index (κ3) is 6.20. The van der Waals surface area contributed by atoms with E-state index in [1.165, 1.54) is 11.3 Å². The lowest BCUT2D eigenvalue weighted by atomic mass is 10.2. The molecule has 0 radical (unpaired) electrons. The van der Waals surface area contributed by atoms with Crippen molar-refractivity contribution >= 4 is 11.3 Å². The summed E-state index contributed by atoms with van der Waals surface area (Å²) in [7, 11) is 0. The molecule has 0 aliphatic carbocycles. The van der Waals surface area contributed by atoms with Crippen molar-refractivity contribution in [3.8, 4) is 0 Å². The van der Waals surface area contributed by atoms with E-state index < -0.39 is 0 Å². The zero-order valence-electron chi connectivity index (χ0n) is 10.5. The Morgan fingerprint density at radius 3 is 2.69 bits per heavy atom. The van der Waals surface area contributed by atoms with E-state index in [4.69, 9.17) is 0 Å². The lowest BCUT2D eigenvalue weighted by molar-refractivity contribution is 0.531. The molecule has 1 aromatic rings. The number of hydrogen-bond acceptors (Lipinski definition) is 4. The van der Waals surface area contributed by atoms with E-state index >= 15 is 0 Å². The maximum atomic E-state index is 4.23. The van der Waals surface area contributed by atoms with Gasteiger partial charge in [0.25, 0.3) is 0 Å². The second kappa shape index (κ2) is 7.76. The third-order valence-corrected chi connectivity index (χ3v) is 3.14. The van der Waals surface area contributed by atoms with E-state index in [0.717, 1.165) is 37.1 Å². The van der Waals surface area contributed by atoms with Gasteiger partial charge in [-0.2, -0.15) is 0 Å². The third-order valence-electron chi connectivity index (χ3n) is 2.23. The Morgan fingerprint density at radius 1 is 1.31 bits per heavy atom. The number of aromatic nitrogens is 1. The van der Waals surface area contributed by atoms with Crippen LogP contribution in [0.3, 0.4) is 0 Å². The average molecular weight is 241 g/mol. The fourth-order valence-electron chi connectivity index (χ4n) is 1.43. The molecule has 0 aliphatic heterocycles. The Bertz CT molecular complexity index is 284. The second-order valence-corrected chi connectivity index (χ2v) is 5.79. The minimum atomic E-state index is 0.744. The van der Waals surface area contributed by atoms with Crippen molar-refractivity contribution in [2.75, 3.05) is 19.6 Å². The van der Waals surface area contributed by atoms with Crippen LogP contribution in [0.4, 0.5) is 0 Å². The second-order valence-electron chi connectivity index (χ2n) is 4.47. The zero-order valence-corrected chi connectivity index (χ0v) is 11.4. The predicted molar refractivity (Wildman–Crippen MR) is 70.9 cm³/mol. The summed E-state index contributed by atoms with van der Waals surface area (Å²) >= 11 is 1.77. The van der Waals surface area contributed by atoms with Crippen LogP contribution in [0.5, 0.6) is 0 Å². The minimum Gasteiger partial charge on any atom is -0.316 e. The van der Waals surface area contributed by atoms with Crippen LogP contribution in [-0.4, -0.2) is 24.6 Å². The summed E-state index contributed by atoms with van der Waals surface area (Å²) in [5.74, 6) is 0.744. The van der Waals surface area contributed by atoms with Crippen LogP contribution in [0, 0.1) is 12.8 Å². The van der Waals surface area contributed by atoms with Crippen molar-refractivity contribution in [1.82, 2.24) is 15.6 Å². The first-order valence-electron chi connectivity index (χ1n) is 6.01. The zero-order chi connectivity index (χ0) is 11.8. The van der Waals surface area contributed by atoms with Gasteiger partial charge in [0.15, 0.2) is 0 Å². The molecule has 0 aromatic carbocycles. The lowest BCUT2D eigenvalue weighted by Crippen LogP contribution is -2.24. The number of aryl methyl sites for hydroxylation is 1. The van der Waals surface area contributed by atoms with Gasteiger partial charge in [0.05, 0.1) is 5.01 Å². The molecule has 0 saturated heterocycles. The molecule has 1 rings (SSSR count). The van der Waals surface area contributed by atoms with Crippen molar-refractivity contribution in [2.45, 2.75) is 33.7 Å². The monoisotopic (exact) mass is 241 g/mol. The molecule has 0 bridgehead atoms. The molecule has 16 heavy (non-hydrogen) atoms. The predicted octanol–water partition coefficient (Wildman–Crippen LogP) is 2.18. The van der Waals surface area contributed by atoms with Crippen molar-refractivity contribution in [1.29, 1.82) is 0 Å². The molecule has 0 fully saturated rings. The molecular weight excluding hydrogens is 218 g/mol. The van der Waals surface area contributed by atoms with Gasteiger partial charge in [-0.25, -0.2) is 4.98 Å². The van der Waals surface area contributed by atoms with E-state index in [0.29, 0.717) is 0 Å².